The molecule has 0 saturated heterocycles. The second-order valence-electron chi connectivity index (χ2n) is 4.48. The Labute approximate surface area is 127 Å². The van der Waals surface area contributed by atoms with Crippen LogP contribution in [0.4, 0.5) is 0 Å². The molecule has 0 spiro atoms. The highest BCUT2D eigenvalue weighted by Crippen LogP contribution is 2.11. The molecule has 7 heteroatoms. The van der Waals surface area contributed by atoms with Gasteiger partial charge in [-0.25, -0.2) is 18.1 Å². The zero-order chi connectivity index (χ0) is 15.7. The summed E-state index contributed by atoms with van der Waals surface area (Å²) in [4.78, 5) is 4.70. The minimum atomic E-state index is -3.41. The minimum absolute atomic E-state index is 0.254. The smallest absolute Gasteiger partial charge is 0.240 e. The van der Waals surface area contributed by atoms with Gasteiger partial charge in [0.25, 0.3) is 0 Å². The van der Waals surface area contributed by atoms with Gasteiger partial charge in [0, 0.05) is 13.1 Å². The molecule has 3 N–H and O–H groups in total. The Morgan fingerprint density at radius 3 is 2.62 bits per heavy atom. The fraction of sp³-hybridized carbons (Fsp3) is 0.500. The third-order valence-corrected chi connectivity index (χ3v) is 4.20. The predicted octanol–water partition coefficient (Wildman–Crippen LogP) is 1.06. The monoisotopic (exact) mass is 312 g/mol. The van der Waals surface area contributed by atoms with E-state index in [1.807, 2.05) is 13.0 Å². The van der Waals surface area contributed by atoms with E-state index in [4.69, 9.17) is 0 Å². The van der Waals surface area contributed by atoms with Crippen LogP contribution in [0.5, 0.6) is 0 Å². The van der Waals surface area contributed by atoms with Crippen molar-refractivity contribution in [1.29, 1.82) is 0 Å². The Bertz CT molecular complexity index is 570. The summed E-state index contributed by atoms with van der Waals surface area (Å²) in [5.41, 5.74) is 0.847. The van der Waals surface area contributed by atoms with Crippen LogP contribution in [-0.2, 0) is 16.6 Å². The third-order valence-electron chi connectivity index (χ3n) is 2.78. The molecule has 0 bridgehead atoms. The van der Waals surface area contributed by atoms with Gasteiger partial charge in [-0.2, -0.15) is 0 Å². The summed E-state index contributed by atoms with van der Waals surface area (Å²) in [5, 5.41) is 6.36. The van der Waals surface area contributed by atoms with Crippen molar-refractivity contribution in [2.24, 2.45) is 4.99 Å². The van der Waals surface area contributed by atoms with Crippen molar-refractivity contribution in [2.75, 3.05) is 20.1 Å². The maximum atomic E-state index is 11.8. The number of sulfonamides is 1. The molecule has 0 aliphatic carbocycles. The van der Waals surface area contributed by atoms with E-state index in [0.29, 0.717) is 6.54 Å². The van der Waals surface area contributed by atoms with Gasteiger partial charge in [0.2, 0.25) is 10.0 Å². The lowest BCUT2D eigenvalue weighted by Gasteiger charge is -2.10. The summed E-state index contributed by atoms with van der Waals surface area (Å²) < 4.78 is 25.8. The normalized spacial score (nSPS) is 12.2. The fourth-order valence-electron chi connectivity index (χ4n) is 1.68. The van der Waals surface area contributed by atoms with E-state index < -0.39 is 10.0 Å². The summed E-state index contributed by atoms with van der Waals surface area (Å²) in [6, 6.07) is 6.79. The Kier molecular flexibility index (Phi) is 7.18. The largest absolute Gasteiger partial charge is 0.357 e. The van der Waals surface area contributed by atoms with Gasteiger partial charge in [-0.1, -0.05) is 19.1 Å². The Morgan fingerprint density at radius 2 is 2.00 bits per heavy atom. The van der Waals surface area contributed by atoms with Crippen LogP contribution in [-0.4, -0.2) is 34.5 Å². The van der Waals surface area contributed by atoms with Crippen molar-refractivity contribution in [1.82, 2.24) is 15.4 Å². The van der Waals surface area contributed by atoms with Crippen LogP contribution < -0.4 is 15.4 Å². The average molecular weight is 312 g/mol. The van der Waals surface area contributed by atoms with Crippen LogP contribution in [0.15, 0.2) is 34.2 Å². The molecule has 0 aromatic heterocycles. The quantitative estimate of drug-likeness (QED) is 0.519. The summed E-state index contributed by atoms with van der Waals surface area (Å²) >= 11 is 0. The van der Waals surface area contributed by atoms with E-state index in [0.717, 1.165) is 31.0 Å². The number of hydrogen-bond acceptors (Lipinski definition) is 3. The molecule has 1 aromatic carbocycles. The van der Waals surface area contributed by atoms with E-state index in [1.165, 1.54) is 7.05 Å². The topological polar surface area (TPSA) is 82.6 Å². The van der Waals surface area contributed by atoms with Crippen LogP contribution >= 0.6 is 0 Å². The fourth-order valence-corrected chi connectivity index (χ4v) is 2.48. The van der Waals surface area contributed by atoms with E-state index >= 15 is 0 Å². The first-order valence-corrected chi connectivity index (χ1v) is 8.56. The van der Waals surface area contributed by atoms with Crippen molar-refractivity contribution in [3.63, 3.8) is 0 Å². The maximum Gasteiger partial charge on any atom is 0.240 e. The third kappa shape index (κ3) is 5.73. The molecule has 0 amide bonds. The molecule has 0 fully saturated rings. The van der Waals surface area contributed by atoms with Gasteiger partial charge in [0.1, 0.15) is 0 Å². The molecule has 0 unspecified atom stereocenters. The van der Waals surface area contributed by atoms with Crippen molar-refractivity contribution in [3.8, 4) is 0 Å². The lowest BCUT2D eigenvalue weighted by atomic mass is 10.2. The maximum absolute atomic E-state index is 11.8. The van der Waals surface area contributed by atoms with Crippen LogP contribution in [0.1, 0.15) is 25.8 Å². The first-order valence-electron chi connectivity index (χ1n) is 7.08. The molecule has 0 atom stereocenters. The van der Waals surface area contributed by atoms with Crippen molar-refractivity contribution in [3.05, 3.63) is 29.8 Å². The molecule has 0 aliphatic rings. The van der Waals surface area contributed by atoms with E-state index in [-0.39, 0.29) is 4.90 Å². The number of benzene rings is 1. The molecule has 1 rings (SSSR count). The predicted molar refractivity (Wildman–Crippen MR) is 85.8 cm³/mol. The molecule has 0 saturated carbocycles. The molecule has 0 radical (unpaired) electrons. The highest BCUT2D eigenvalue weighted by atomic mass is 32.2. The molecule has 0 aliphatic heterocycles. The van der Waals surface area contributed by atoms with Crippen molar-refractivity contribution < 1.29 is 8.42 Å². The molecule has 0 heterocycles. The molecule has 118 valence electrons. The number of hydrogen-bond donors (Lipinski definition) is 3. The minimum Gasteiger partial charge on any atom is -0.357 e. The Hall–Kier alpha value is -1.60. The lowest BCUT2D eigenvalue weighted by molar-refractivity contribution is 0.588. The zero-order valence-electron chi connectivity index (χ0n) is 12.8. The van der Waals surface area contributed by atoms with Gasteiger partial charge in [0.05, 0.1) is 11.4 Å². The number of rotatable bonds is 7. The number of aliphatic imine (C=N–C) groups is 1. The second kappa shape index (κ2) is 8.63. The molecular weight excluding hydrogens is 288 g/mol. The highest BCUT2D eigenvalue weighted by molar-refractivity contribution is 7.89. The summed E-state index contributed by atoms with van der Waals surface area (Å²) in [6.07, 6.45) is 1.01. The molecule has 21 heavy (non-hydrogen) atoms. The van der Waals surface area contributed by atoms with Gasteiger partial charge < -0.3 is 10.6 Å². The van der Waals surface area contributed by atoms with Crippen LogP contribution in [0, 0.1) is 0 Å². The average Bonchev–Trinajstić information content (AvgIpc) is 2.50. The summed E-state index contributed by atoms with van der Waals surface area (Å²) in [6.45, 7) is 6.14. The summed E-state index contributed by atoms with van der Waals surface area (Å²) in [5.74, 6) is 0.737. The number of guanidine groups is 1. The SMILES string of the molecule is CCCNC(=NCc1cccc(S(=O)(=O)NC)c1)NCC. The van der Waals surface area contributed by atoms with E-state index in [2.05, 4.69) is 27.3 Å². The second-order valence-corrected chi connectivity index (χ2v) is 6.36. The van der Waals surface area contributed by atoms with E-state index in [9.17, 15) is 8.42 Å². The van der Waals surface area contributed by atoms with Crippen LogP contribution in [0.2, 0.25) is 0 Å². The van der Waals surface area contributed by atoms with Gasteiger partial charge >= 0.3 is 0 Å². The van der Waals surface area contributed by atoms with Crippen LogP contribution in [0.25, 0.3) is 0 Å². The van der Waals surface area contributed by atoms with Gasteiger partial charge in [-0.3, -0.25) is 0 Å². The Balaban J connectivity index is 2.84. The first kappa shape index (κ1) is 17.5. The highest BCUT2D eigenvalue weighted by Gasteiger charge is 2.11. The standard InChI is InChI=1S/C14H24N4O2S/c1-4-9-17-14(16-5-2)18-11-12-7-6-8-13(10-12)21(19,20)15-3/h6-8,10,15H,4-5,9,11H2,1-3H3,(H2,16,17,18). The van der Waals surface area contributed by atoms with Gasteiger partial charge in [0.15, 0.2) is 5.96 Å². The van der Waals surface area contributed by atoms with Gasteiger partial charge in [-0.15, -0.1) is 0 Å². The molecule has 1 aromatic rings. The molecular formula is C14H24N4O2S. The van der Waals surface area contributed by atoms with Crippen LogP contribution in [0.3, 0.4) is 0 Å². The van der Waals surface area contributed by atoms with Gasteiger partial charge in [-0.05, 0) is 38.1 Å². The van der Waals surface area contributed by atoms with E-state index in [1.54, 1.807) is 18.2 Å². The number of nitrogens with zero attached hydrogens (tertiary/aromatic N) is 1. The zero-order valence-corrected chi connectivity index (χ0v) is 13.6. The first-order chi connectivity index (χ1) is 10.0. The van der Waals surface area contributed by atoms with Crippen molar-refractivity contribution in [2.45, 2.75) is 31.7 Å². The molecule has 6 nitrogen and oxygen atoms in total. The number of nitrogens with one attached hydrogen (secondary N) is 3. The lowest BCUT2D eigenvalue weighted by Crippen LogP contribution is -2.37. The van der Waals surface area contributed by atoms with Crippen molar-refractivity contribution >= 4 is 16.0 Å². The summed E-state index contributed by atoms with van der Waals surface area (Å²) in [7, 11) is -2.01. The Morgan fingerprint density at radius 1 is 1.24 bits per heavy atom.